The fourth-order valence-corrected chi connectivity index (χ4v) is 3.16. The zero-order valence-electron chi connectivity index (χ0n) is 16.0. The number of carbonyl (C=O) groups is 2. The molecule has 0 atom stereocenters. The van der Waals surface area contributed by atoms with Crippen LogP contribution in [0.3, 0.4) is 0 Å². The second-order valence-electron chi connectivity index (χ2n) is 6.73. The molecule has 1 fully saturated rings. The molecule has 1 saturated heterocycles. The van der Waals surface area contributed by atoms with Crippen molar-refractivity contribution in [1.82, 2.24) is 15.2 Å². The number of nitrogens with one attached hydrogen (secondary N) is 1. The monoisotopic (exact) mass is 389 g/mol. The maximum atomic E-state index is 13.1. The minimum absolute atomic E-state index is 0.0157. The molecule has 2 aromatic rings. The van der Waals surface area contributed by atoms with Gasteiger partial charge >= 0.3 is 6.09 Å². The number of amides is 2. The third-order valence-corrected chi connectivity index (χ3v) is 4.70. The van der Waals surface area contributed by atoms with Crippen LogP contribution in [0.15, 0.2) is 28.7 Å². The summed E-state index contributed by atoms with van der Waals surface area (Å²) in [5.74, 6) is 0.451. The molecular formula is C20H24FN3O4. The van der Waals surface area contributed by atoms with Crippen molar-refractivity contribution in [2.45, 2.75) is 39.2 Å². The minimum atomic E-state index is -0.333. The highest BCUT2D eigenvalue weighted by atomic mass is 19.1. The molecule has 0 spiro atoms. The summed E-state index contributed by atoms with van der Waals surface area (Å²) in [6, 6.07) is 5.86. The molecule has 2 heterocycles. The highest BCUT2D eigenvalue weighted by molar-refractivity contribution is 5.79. The van der Waals surface area contributed by atoms with Crippen LogP contribution in [0.2, 0.25) is 0 Å². The number of piperidine rings is 1. The van der Waals surface area contributed by atoms with E-state index in [4.69, 9.17) is 9.15 Å². The predicted molar refractivity (Wildman–Crippen MR) is 100 cm³/mol. The zero-order valence-corrected chi connectivity index (χ0v) is 16.0. The number of aromatic nitrogens is 1. The van der Waals surface area contributed by atoms with E-state index in [-0.39, 0.29) is 30.3 Å². The Labute approximate surface area is 162 Å². The Balaban J connectivity index is 1.53. The van der Waals surface area contributed by atoms with Crippen molar-refractivity contribution in [2.75, 3.05) is 19.7 Å². The molecule has 150 valence electrons. The van der Waals surface area contributed by atoms with Gasteiger partial charge in [0.2, 0.25) is 11.8 Å². The lowest BCUT2D eigenvalue weighted by Gasteiger charge is -2.31. The summed E-state index contributed by atoms with van der Waals surface area (Å²) >= 11 is 0. The van der Waals surface area contributed by atoms with Crippen LogP contribution in [0, 0.1) is 12.7 Å². The first-order valence-electron chi connectivity index (χ1n) is 9.39. The number of hydrogen-bond donors (Lipinski definition) is 1. The van der Waals surface area contributed by atoms with Gasteiger partial charge in [0, 0.05) is 24.7 Å². The number of ether oxygens (including phenoxy) is 1. The summed E-state index contributed by atoms with van der Waals surface area (Å²) in [5.41, 5.74) is 1.21. The van der Waals surface area contributed by atoms with E-state index in [9.17, 15) is 14.0 Å². The number of aryl methyl sites for hydroxylation is 1. The second kappa shape index (κ2) is 8.86. The Bertz CT molecular complexity index is 826. The maximum Gasteiger partial charge on any atom is 0.409 e. The number of benzene rings is 1. The third kappa shape index (κ3) is 4.88. The van der Waals surface area contributed by atoms with Crippen molar-refractivity contribution in [3.05, 3.63) is 41.5 Å². The van der Waals surface area contributed by atoms with E-state index >= 15 is 0 Å². The fourth-order valence-electron chi connectivity index (χ4n) is 3.16. The standard InChI is InChI=1S/C20H24FN3O4/c1-3-27-20(26)24-10-8-16(9-11-24)22-18(25)12-17-13(2)28-19(23-17)14-4-6-15(21)7-5-14/h4-7,16H,3,8-12H2,1-2H3,(H,22,25). The van der Waals surface area contributed by atoms with Crippen molar-refractivity contribution in [2.24, 2.45) is 0 Å². The molecule has 3 rings (SSSR count). The number of oxazole rings is 1. The largest absolute Gasteiger partial charge is 0.450 e. The Hall–Kier alpha value is -2.90. The van der Waals surface area contributed by atoms with E-state index < -0.39 is 0 Å². The molecule has 1 N–H and O–H groups in total. The molecule has 0 saturated carbocycles. The molecule has 2 amide bonds. The summed E-state index contributed by atoms with van der Waals surface area (Å²) in [7, 11) is 0. The van der Waals surface area contributed by atoms with Gasteiger partial charge < -0.3 is 19.4 Å². The summed E-state index contributed by atoms with van der Waals surface area (Å²) in [6.07, 6.45) is 1.17. The maximum absolute atomic E-state index is 13.1. The Morgan fingerprint density at radius 1 is 1.29 bits per heavy atom. The average molecular weight is 389 g/mol. The van der Waals surface area contributed by atoms with Crippen molar-refractivity contribution >= 4 is 12.0 Å². The van der Waals surface area contributed by atoms with Gasteiger partial charge in [0.05, 0.1) is 18.7 Å². The average Bonchev–Trinajstić information content (AvgIpc) is 3.03. The molecule has 1 aliphatic heterocycles. The molecule has 0 aliphatic carbocycles. The molecule has 7 nitrogen and oxygen atoms in total. The number of hydrogen-bond acceptors (Lipinski definition) is 5. The lowest BCUT2D eigenvalue weighted by atomic mass is 10.1. The summed E-state index contributed by atoms with van der Waals surface area (Å²) in [4.78, 5) is 30.1. The first kappa shape index (κ1) is 19.9. The van der Waals surface area contributed by atoms with Gasteiger partial charge in [-0.2, -0.15) is 0 Å². The molecule has 8 heteroatoms. The highest BCUT2D eigenvalue weighted by Crippen LogP contribution is 2.22. The quantitative estimate of drug-likeness (QED) is 0.850. The number of carbonyl (C=O) groups excluding carboxylic acids is 2. The second-order valence-corrected chi connectivity index (χ2v) is 6.73. The Morgan fingerprint density at radius 2 is 1.96 bits per heavy atom. The zero-order chi connectivity index (χ0) is 20.1. The van der Waals surface area contributed by atoms with Crippen LogP contribution in [0.1, 0.15) is 31.2 Å². The van der Waals surface area contributed by atoms with Gasteiger partial charge in [-0.25, -0.2) is 14.2 Å². The number of halogens is 1. The first-order valence-corrected chi connectivity index (χ1v) is 9.39. The normalized spacial score (nSPS) is 14.8. The summed E-state index contributed by atoms with van der Waals surface area (Å²) < 4.78 is 23.7. The lowest BCUT2D eigenvalue weighted by molar-refractivity contribution is -0.121. The topological polar surface area (TPSA) is 84.7 Å². The Morgan fingerprint density at radius 3 is 2.61 bits per heavy atom. The van der Waals surface area contributed by atoms with Gasteiger partial charge in [0.25, 0.3) is 0 Å². The molecule has 1 aromatic carbocycles. The smallest absolute Gasteiger partial charge is 0.409 e. The van der Waals surface area contributed by atoms with E-state index in [0.29, 0.717) is 55.4 Å². The molecule has 1 aliphatic rings. The SMILES string of the molecule is CCOC(=O)N1CCC(NC(=O)Cc2nc(-c3ccc(F)cc3)oc2C)CC1. The molecule has 28 heavy (non-hydrogen) atoms. The first-order chi connectivity index (χ1) is 13.5. The van der Waals surface area contributed by atoms with Crippen LogP contribution >= 0.6 is 0 Å². The van der Waals surface area contributed by atoms with Crippen molar-refractivity contribution in [1.29, 1.82) is 0 Å². The fraction of sp³-hybridized carbons (Fsp3) is 0.450. The van der Waals surface area contributed by atoms with Gasteiger partial charge in [0.1, 0.15) is 11.6 Å². The van der Waals surface area contributed by atoms with Crippen LogP contribution in [-0.2, 0) is 16.0 Å². The number of nitrogens with zero attached hydrogens (tertiary/aromatic N) is 2. The minimum Gasteiger partial charge on any atom is -0.450 e. The van der Waals surface area contributed by atoms with Crippen LogP contribution < -0.4 is 5.32 Å². The van der Waals surface area contributed by atoms with Gasteiger partial charge in [-0.3, -0.25) is 4.79 Å². The number of likely N-dealkylation sites (tertiary alicyclic amines) is 1. The molecule has 0 radical (unpaired) electrons. The molecule has 1 aromatic heterocycles. The van der Waals surface area contributed by atoms with Crippen molar-refractivity contribution < 1.29 is 23.1 Å². The van der Waals surface area contributed by atoms with E-state index in [1.54, 1.807) is 30.9 Å². The summed E-state index contributed by atoms with van der Waals surface area (Å²) in [6.45, 7) is 4.99. The van der Waals surface area contributed by atoms with Gasteiger partial charge in [-0.15, -0.1) is 0 Å². The molecule has 0 bridgehead atoms. The van der Waals surface area contributed by atoms with Crippen LogP contribution in [0.5, 0.6) is 0 Å². The van der Waals surface area contributed by atoms with E-state index in [2.05, 4.69) is 10.3 Å². The number of rotatable bonds is 5. The Kier molecular flexibility index (Phi) is 6.28. The van der Waals surface area contributed by atoms with Crippen LogP contribution in [-0.4, -0.2) is 47.6 Å². The van der Waals surface area contributed by atoms with Gasteiger partial charge in [-0.05, 0) is 51.0 Å². The molecule has 0 unspecified atom stereocenters. The van der Waals surface area contributed by atoms with Crippen molar-refractivity contribution in [3.63, 3.8) is 0 Å². The van der Waals surface area contributed by atoms with Crippen molar-refractivity contribution in [3.8, 4) is 11.5 Å². The molecular weight excluding hydrogens is 365 g/mol. The van der Waals surface area contributed by atoms with E-state index in [0.717, 1.165) is 0 Å². The van der Waals surface area contributed by atoms with Crippen LogP contribution in [0.4, 0.5) is 9.18 Å². The highest BCUT2D eigenvalue weighted by Gasteiger charge is 2.25. The van der Waals surface area contributed by atoms with E-state index in [1.165, 1.54) is 12.1 Å². The van der Waals surface area contributed by atoms with Gasteiger partial charge in [-0.1, -0.05) is 0 Å². The van der Waals surface area contributed by atoms with Crippen LogP contribution in [0.25, 0.3) is 11.5 Å². The predicted octanol–water partition coefficient (Wildman–Crippen LogP) is 3.07. The van der Waals surface area contributed by atoms with Gasteiger partial charge in [0.15, 0.2) is 0 Å². The van der Waals surface area contributed by atoms with E-state index in [1.807, 2.05) is 0 Å². The lowest BCUT2D eigenvalue weighted by Crippen LogP contribution is -2.47. The summed E-state index contributed by atoms with van der Waals surface area (Å²) in [5, 5.41) is 2.99. The third-order valence-electron chi connectivity index (χ3n) is 4.70.